The van der Waals surface area contributed by atoms with Crippen LogP contribution in [0.2, 0.25) is 0 Å². The van der Waals surface area contributed by atoms with Crippen molar-refractivity contribution >= 4 is 17.2 Å². The number of ether oxygens (including phenoxy) is 1. The van der Waals surface area contributed by atoms with E-state index in [0.29, 0.717) is 22.7 Å². The number of imidazole rings is 1. The lowest BCUT2D eigenvalue weighted by atomic mass is 10.0. The van der Waals surface area contributed by atoms with E-state index in [9.17, 15) is 22.8 Å². The van der Waals surface area contributed by atoms with Crippen LogP contribution in [0.3, 0.4) is 0 Å². The summed E-state index contributed by atoms with van der Waals surface area (Å²) < 4.78 is 46.2. The summed E-state index contributed by atoms with van der Waals surface area (Å²) in [5.41, 5.74) is 1.03. The molecule has 2 heterocycles. The zero-order valence-corrected chi connectivity index (χ0v) is 18.5. The average molecular weight is 479 g/mol. The van der Waals surface area contributed by atoms with Crippen LogP contribution in [-0.4, -0.2) is 26.2 Å². The van der Waals surface area contributed by atoms with Gasteiger partial charge in [-0.3, -0.25) is 9.59 Å². The van der Waals surface area contributed by atoms with Gasteiger partial charge in [0.1, 0.15) is 11.5 Å². The summed E-state index contributed by atoms with van der Waals surface area (Å²) in [4.78, 5) is 29.2. The molecule has 6 nitrogen and oxygen atoms in total. The van der Waals surface area contributed by atoms with Crippen molar-refractivity contribution in [2.24, 2.45) is 5.92 Å². The predicted octanol–water partition coefficient (Wildman–Crippen LogP) is 5.49. The summed E-state index contributed by atoms with van der Waals surface area (Å²) in [6.07, 6.45) is -0.774. The summed E-state index contributed by atoms with van der Waals surface area (Å²) >= 11 is 0. The molecule has 4 aromatic rings. The monoisotopic (exact) mass is 479 g/mol. The van der Waals surface area contributed by atoms with Gasteiger partial charge in [0.05, 0.1) is 23.9 Å². The first kappa shape index (κ1) is 22.8. The van der Waals surface area contributed by atoms with Crippen LogP contribution in [0.1, 0.15) is 40.0 Å². The quantitative estimate of drug-likeness (QED) is 0.313. The Bertz CT molecular complexity index is 1420. The maximum absolute atomic E-state index is 12.9. The van der Waals surface area contributed by atoms with Crippen molar-refractivity contribution in [3.8, 4) is 11.6 Å². The van der Waals surface area contributed by atoms with E-state index in [1.807, 2.05) is 0 Å². The molecular formula is C26H20F3N3O3. The Kier molecular flexibility index (Phi) is 5.84. The lowest BCUT2D eigenvalue weighted by Gasteiger charge is -2.09. The molecule has 1 aliphatic rings. The highest BCUT2D eigenvalue weighted by atomic mass is 19.4. The number of aromatic nitrogens is 3. The van der Waals surface area contributed by atoms with Crippen LogP contribution >= 0.6 is 0 Å². The van der Waals surface area contributed by atoms with Crippen LogP contribution in [0, 0.1) is 5.92 Å². The van der Waals surface area contributed by atoms with Crippen molar-refractivity contribution in [2.45, 2.75) is 31.9 Å². The number of alkyl halides is 3. The van der Waals surface area contributed by atoms with Crippen LogP contribution < -0.4 is 4.74 Å². The zero-order chi connectivity index (χ0) is 24.6. The van der Waals surface area contributed by atoms with Gasteiger partial charge < -0.3 is 4.74 Å². The number of nitrogens with zero attached hydrogens (tertiary/aromatic N) is 3. The van der Waals surface area contributed by atoms with Gasteiger partial charge in [0.25, 0.3) is 0 Å². The Morgan fingerprint density at radius 2 is 1.80 bits per heavy atom. The lowest BCUT2D eigenvalue weighted by molar-refractivity contribution is -0.137. The van der Waals surface area contributed by atoms with Crippen molar-refractivity contribution in [2.75, 3.05) is 0 Å². The Hall–Kier alpha value is -4.01. The molecular weight excluding hydrogens is 459 g/mol. The Morgan fingerprint density at radius 1 is 1.00 bits per heavy atom. The number of benzene rings is 2. The number of rotatable bonds is 8. The first-order valence-electron chi connectivity index (χ1n) is 11.1. The first-order chi connectivity index (χ1) is 16.7. The molecule has 1 aliphatic carbocycles. The Morgan fingerprint density at radius 3 is 2.57 bits per heavy atom. The number of carbonyl (C=O) groups is 2. The molecule has 0 aliphatic heterocycles. The molecule has 0 atom stereocenters. The number of carbonyl (C=O) groups excluding carboxylic acids is 2. The molecule has 0 radical (unpaired) electrons. The van der Waals surface area contributed by atoms with Crippen LogP contribution in [0.15, 0.2) is 66.9 Å². The molecule has 2 aromatic heterocycles. The van der Waals surface area contributed by atoms with Crippen molar-refractivity contribution in [1.29, 1.82) is 0 Å². The summed E-state index contributed by atoms with van der Waals surface area (Å²) in [5.74, 6) is 0.637. The van der Waals surface area contributed by atoms with Gasteiger partial charge in [-0.25, -0.2) is 9.50 Å². The molecule has 0 spiro atoms. The van der Waals surface area contributed by atoms with Crippen LogP contribution in [-0.2, 0) is 23.8 Å². The van der Waals surface area contributed by atoms with E-state index in [1.165, 1.54) is 22.7 Å². The van der Waals surface area contributed by atoms with Crippen molar-refractivity contribution < 1.29 is 27.5 Å². The molecule has 35 heavy (non-hydrogen) atoms. The Labute approximate surface area is 198 Å². The maximum atomic E-state index is 12.9. The minimum atomic E-state index is -4.47. The number of ketones is 2. The third kappa shape index (κ3) is 5.40. The molecule has 1 fully saturated rings. The zero-order valence-electron chi connectivity index (χ0n) is 18.5. The van der Waals surface area contributed by atoms with Gasteiger partial charge >= 0.3 is 6.18 Å². The van der Waals surface area contributed by atoms with E-state index < -0.39 is 11.7 Å². The van der Waals surface area contributed by atoms with E-state index in [4.69, 9.17) is 4.74 Å². The number of hydrogen-bond donors (Lipinski definition) is 0. The highest BCUT2D eigenvalue weighted by Gasteiger charge is 2.31. The van der Waals surface area contributed by atoms with Crippen LogP contribution in [0.25, 0.3) is 5.65 Å². The lowest BCUT2D eigenvalue weighted by Crippen LogP contribution is -2.08. The SMILES string of the molecule is O=C(Cc1cccc(C(F)(F)F)c1)c1cccc(Oc2ccc3nc(CC(=O)C4CC4)cn3n2)c1. The molecule has 0 N–H and O–H groups in total. The van der Waals surface area contributed by atoms with E-state index in [-0.39, 0.29) is 41.8 Å². The molecule has 5 rings (SSSR count). The summed E-state index contributed by atoms with van der Waals surface area (Å²) in [5, 5.41) is 4.36. The fraction of sp³-hybridized carbons (Fsp3) is 0.231. The third-order valence-corrected chi connectivity index (χ3v) is 5.73. The topological polar surface area (TPSA) is 73.6 Å². The van der Waals surface area contributed by atoms with Gasteiger partial charge in [0.2, 0.25) is 5.88 Å². The molecule has 9 heteroatoms. The van der Waals surface area contributed by atoms with Crippen LogP contribution in [0.4, 0.5) is 13.2 Å². The highest BCUT2D eigenvalue weighted by Crippen LogP contribution is 2.31. The smallest absolute Gasteiger partial charge is 0.416 e. The second kappa shape index (κ2) is 8.98. The molecule has 2 aromatic carbocycles. The van der Waals surface area contributed by atoms with Crippen LogP contribution in [0.5, 0.6) is 11.6 Å². The maximum Gasteiger partial charge on any atom is 0.416 e. The fourth-order valence-corrected chi connectivity index (χ4v) is 3.78. The largest absolute Gasteiger partial charge is 0.438 e. The summed E-state index contributed by atoms with van der Waals surface area (Å²) in [7, 11) is 0. The second-order valence-electron chi connectivity index (χ2n) is 8.55. The van der Waals surface area contributed by atoms with Gasteiger partial charge in [0.15, 0.2) is 11.4 Å². The normalized spacial score (nSPS) is 13.7. The fourth-order valence-electron chi connectivity index (χ4n) is 3.78. The van der Waals surface area contributed by atoms with Crippen molar-refractivity contribution in [3.63, 3.8) is 0 Å². The molecule has 178 valence electrons. The Balaban J connectivity index is 1.29. The number of Topliss-reactive ketones (excluding diaryl/α,β-unsaturated/α-hetero) is 2. The summed E-state index contributed by atoms with van der Waals surface area (Å²) in [6.45, 7) is 0. The van der Waals surface area contributed by atoms with E-state index in [1.54, 1.807) is 36.5 Å². The summed E-state index contributed by atoms with van der Waals surface area (Å²) in [6, 6.07) is 14.5. The van der Waals surface area contributed by atoms with E-state index in [0.717, 1.165) is 25.0 Å². The second-order valence-corrected chi connectivity index (χ2v) is 8.55. The number of fused-ring (bicyclic) bond motifs is 1. The molecule has 0 saturated heterocycles. The average Bonchev–Trinajstić information content (AvgIpc) is 3.60. The van der Waals surface area contributed by atoms with E-state index >= 15 is 0 Å². The molecule has 0 amide bonds. The predicted molar refractivity (Wildman–Crippen MR) is 120 cm³/mol. The van der Waals surface area contributed by atoms with Gasteiger partial charge in [-0.2, -0.15) is 13.2 Å². The van der Waals surface area contributed by atoms with Gasteiger partial charge in [-0.15, -0.1) is 5.10 Å². The van der Waals surface area contributed by atoms with Gasteiger partial charge in [0, 0.05) is 24.0 Å². The molecule has 1 saturated carbocycles. The minimum absolute atomic E-state index is 0.162. The van der Waals surface area contributed by atoms with Gasteiger partial charge in [-0.1, -0.05) is 30.3 Å². The first-order valence-corrected chi connectivity index (χ1v) is 11.1. The van der Waals surface area contributed by atoms with Crippen molar-refractivity contribution in [1.82, 2.24) is 14.6 Å². The third-order valence-electron chi connectivity index (χ3n) is 5.73. The van der Waals surface area contributed by atoms with E-state index in [2.05, 4.69) is 10.1 Å². The minimum Gasteiger partial charge on any atom is -0.438 e. The number of halogens is 3. The number of hydrogen-bond acceptors (Lipinski definition) is 5. The highest BCUT2D eigenvalue weighted by molar-refractivity contribution is 5.97. The standard InChI is InChI=1S/C26H20F3N3O3/c27-26(28,29)19-5-1-3-16(11-19)12-22(33)18-4-2-6-21(13-18)35-25-10-9-24-30-20(15-32(24)31-25)14-23(34)17-7-8-17/h1-6,9-11,13,15,17H,7-8,12,14H2. The van der Waals surface area contributed by atoms with Crippen molar-refractivity contribution in [3.05, 3.63) is 89.2 Å². The van der Waals surface area contributed by atoms with Gasteiger partial charge in [-0.05, 0) is 42.7 Å². The molecule has 0 bridgehead atoms. The molecule has 0 unspecified atom stereocenters.